The molecule has 3 N–H and O–H groups in total. The van der Waals surface area contributed by atoms with Crippen LogP contribution in [0.15, 0.2) is 0 Å². The van der Waals surface area contributed by atoms with Crippen molar-refractivity contribution in [2.24, 2.45) is 5.73 Å². The van der Waals surface area contributed by atoms with Crippen molar-refractivity contribution in [3.8, 4) is 0 Å². The van der Waals surface area contributed by atoms with Crippen LogP contribution >= 0.6 is 0 Å². The van der Waals surface area contributed by atoms with Crippen LogP contribution < -0.4 is 11.1 Å². The van der Waals surface area contributed by atoms with Crippen molar-refractivity contribution in [2.75, 3.05) is 19.8 Å². The molecule has 0 bridgehead atoms. The Morgan fingerprint density at radius 1 is 1.58 bits per heavy atom. The molecule has 0 saturated carbocycles. The lowest BCUT2D eigenvalue weighted by Gasteiger charge is -2.17. The third-order valence-electron chi connectivity index (χ3n) is 1.32. The van der Waals surface area contributed by atoms with Crippen LogP contribution in [0.2, 0.25) is 0 Å². The van der Waals surface area contributed by atoms with Crippen molar-refractivity contribution in [3.05, 3.63) is 0 Å². The minimum absolute atomic E-state index is 0.151. The number of nitrogens with two attached hydrogens (primary N) is 1. The topological polar surface area (TPSA) is 64.3 Å². The Kier molecular flexibility index (Phi) is 4.85. The van der Waals surface area contributed by atoms with Gasteiger partial charge in [-0.25, -0.2) is 0 Å². The van der Waals surface area contributed by atoms with Gasteiger partial charge in [0.05, 0.1) is 12.1 Å². The molecule has 4 heteroatoms. The van der Waals surface area contributed by atoms with Gasteiger partial charge in [-0.1, -0.05) is 0 Å². The molecule has 0 aliphatic heterocycles. The van der Waals surface area contributed by atoms with Crippen LogP contribution in [0.25, 0.3) is 0 Å². The molecular formula is C8H18N2O2. The second-order valence-electron chi connectivity index (χ2n) is 3.17. The zero-order valence-electron chi connectivity index (χ0n) is 8.02. The van der Waals surface area contributed by atoms with E-state index in [4.69, 9.17) is 10.5 Å². The lowest BCUT2D eigenvalue weighted by atomic mass is 10.1. The summed E-state index contributed by atoms with van der Waals surface area (Å²) in [4.78, 5) is 11.1. The zero-order chi connectivity index (χ0) is 9.61. The largest absolute Gasteiger partial charge is 0.380 e. The number of amides is 1. The Labute approximate surface area is 73.5 Å². The normalized spacial score (nSPS) is 11.3. The van der Waals surface area contributed by atoms with E-state index in [9.17, 15) is 4.79 Å². The molecule has 0 saturated heterocycles. The van der Waals surface area contributed by atoms with Crippen molar-refractivity contribution in [3.63, 3.8) is 0 Å². The molecule has 0 unspecified atom stereocenters. The maximum absolute atomic E-state index is 11.1. The predicted octanol–water partition coefficient (Wildman–Crippen LogP) is -0.124. The Hall–Kier alpha value is -0.610. The summed E-state index contributed by atoms with van der Waals surface area (Å²) in [5.41, 5.74) is 4.74. The first-order chi connectivity index (χ1) is 5.48. The van der Waals surface area contributed by atoms with E-state index in [0.717, 1.165) is 0 Å². The fraction of sp³-hybridized carbons (Fsp3) is 0.875. The summed E-state index contributed by atoms with van der Waals surface area (Å²) in [5, 5.41) is 2.67. The highest BCUT2D eigenvalue weighted by molar-refractivity contribution is 5.84. The quantitative estimate of drug-likeness (QED) is 0.571. The lowest BCUT2D eigenvalue weighted by molar-refractivity contribution is -0.125. The van der Waals surface area contributed by atoms with E-state index in [0.29, 0.717) is 19.8 Å². The summed E-state index contributed by atoms with van der Waals surface area (Å²) in [5.74, 6) is -0.151. The Balaban J connectivity index is 3.45. The molecule has 0 aliphatic carbocycles. The van der Waals surface area contributed by atoms with Gasteiger partial charge in [0.25, 0.3) is 0 Å². The molecule has 0 aliphatic rings. The van der Waals surface area contributed by atoms with Gasteiger partial charge in [0, 0.05) is 13.2 Å². The van der Waals surface area contributed by atoms with Gasteiger partial charge in [0.2, 0.25) is 5.91 Å². The van der Waals surface area contributed by atoms with Crippen LogP contribution in [0.4, 0.5) is 0 Å². The molecule has 1 amide bonds. The highest BCUT2D eigenvalue weighted by Gasteiger charge is 2.20. The van der Waals surface area contributed by atoms with E-state index in [1.54, 1.807) is 13.8 Å². The first kappa shape index (κ1) is 11.4. The van der Waals surface area contributed by atoms with Crippen LogP contribution in [-0.2, 0) is 9.53 Å². The highest BCUT2D eigenvalue weighted by Crippen LogP contribution is 1.94. The fourth-order valence-corrected chi connectivity index (χ4v) is 0.609. The second-order valence-corrected chi connectivity index (χ2v) is 3.17. The van der Waals surface area contributed by atoms with Gasteiger partial charge < -0.3 is 15.8 Å². The number of carbonyl (C=O) groups is 1. The van der Waals surface area contributed by atoms with Crippen molar-refractivity contribution >= 4 is 5.91 Å². The minimum atomic E-state index is -0.799. The van der Waals surface area contributed by atoms with Crippen molar-refractivity contribution in [1.29, 1.82) is 0 Å². The molecule has 4 nitrogen and oxygen atoms in total. The van der Waals surface area contributed by atoms with Crippen LogP contribution in [0.3, 0.4) is 0 Å². The average molecular weight is 174 g/mol. The molecule has 0 spiro atoms. The predicted molar refractivity (Wildman–Crippen MR) is 47.8 cm³/mol. The number of nitrogens with one attached hydrogen (secondary N) is 1. The van der Waals surface area contributed by atoms with Gasteiger partial charge in [-0.3, -0.25) is 4.79 Å². The molecule has 0 rings (SSSR count). The second kappa shape index (κ2) is 5.11. The van der Waals surface area contributed by atoms with Crippen molar-refractivity contribution < 1.29 is 9.53 Å². The first-order valence-corrected chi connectivity index (χ1v) is 4.13. The van der Waals surface area contributed by atoms with E-state index in [-0.39, 0.29) is 5.91 Å². The Morgan fingerprint density at radius 3 is 2.58 bits per heavy atom. The van der Waals surface area contributed by atoms with Gasteiger partial charge in [0.15, 0.2) is 0 Å². The van der Waals surface area contributed by atoms with E-state index in [2.05, 4.69) is 5.32 Å². The fourth-order valence-electron chi connectivity index (χ4n) is 0.609. The summed E-state index contributed by atoms with van der Waals surface area (Å²) in [6, 6.07) is 0. The molecule has 0 radical (unpaired) electrons. The number of hydrogen-bond donors (Lipinski definition) is 2. The van der Waals surface area contributed by atoms with E-state index >= 15 is 0 Å². The molecule has 0 aromatic rings. The molecule has 0 atom stereocenters. The maximum Gasteiger partial charge on any atom is 0.239 e. The number of carbonyl (C=O) groups excluding carboxylic acids is 1. The van der Waals surface area contributed by atoms with Crippen LogP contribution in [0.1, 0.15) is 20.8 Å². The minimum Gasteiger partial charge on any atom is -0.380 e. The highest BCUT2D eigenvalue weighted by atomic mass is 16.5. The summed E-state index contributed by atoms with van der Waals surface area (Å²) < 4.78 is 5.04. The monoisotopic (exact) mass is 174 g/mol. The van der Waals surface area contributed by atoms with Gasteiger partial charge in [-0.05, 0) is 20.8 Å². The van der Waals surface area contributed by atoms with E-state index in [1.807, 2.05) is 6.92 Å². The van der Waals surface area contributed by atoms with Gasteiger partial charge in [0.1, 0.15) is 0 Å². The molecule has 12 heavy (non-hydrogen) atoms. The first-order valence-electron chi connectivity index (χ1n) is 4.13. The van der Waals surface area contributed by atoms with Crippen LogP contribution in [0.5, 0.6) is 0 Å². The van der Waals surface area contributed by atoms with E-state index in [1.165, 1.54) is 0 Å². The molecule has 0 aromatic carbocycles. The molecule has 0 aromatic heterocycles. The van der Waals surface area contributed by atoms with Crippen molar-refractivity contribution in [2.45, 2.75) is 26.3 Å². The number of hydrogen-bond acceptors (Lipinski definition) is 3. The maximum atomic E-state index is 11.1. The smallest absolute Gasteiger partial charge is 0.239 e. The Bertz CT molecular complexity index is 140. The molecular weight excluding hydrogens is 156 g/mol. The van der Waals surface area contributed by atoms with E-state index < -0.39 is 5.54 Å². The summed E-state index contributed by atoms with van der Waals surface area (Å²) in [6.07, 6.45) is 0. The average Bonchev–Trinajstić information content (AvgIpc) is 1.96. The van der Waals surface area contributed by atoms with Crippen LogP contribution in [0, 0.1) is 0 Å². The van der Waals surface area contributed by atoms with Gasteiger partial charge in [-0.15, -0.1) is 0 Å². The van der Waals surface area contributed by atoms with Crippen molar-refractivity contribution in [1.82, 2.24) is 5.32 Å². The van der Waals surface area contributed by atoms with Crippen LogP contribution in [-0.4, -0.2) is 31.2 Å². The SMILES string of the molecule is CCOCCNC(=O)C(C)(C)N. The third kappa shape index (κ3) is 5.09. The van der Waals surface area contributed by atoms with Gasteiger partial charge in [-0.2, -0.15) is 0 Å². The summed E-state index contributed by atoms with van der Waals surface area (Å²) in [6.45, 7) is 6.98. The standard InChI is InChI=1S/C8H18N2O2/c1-4-12-6-5-10-7(11)8(2,3)9/h4-6,9H2,1-3H3,(H,10,11). The number of rotatable bonds is 5. The summed E-state index contributed by atoms with van der Waals surface area (Å²) in [7, 11) is 0. The molecule has 0 heterocycles. The molecule has 72 valence electrons. The van der Waals surface area contributed by atoms with Gasteiger partial charge >= 0.3 is 0 Å². The summed E-state index contributed by atoms with van der Waals surface area (Å²) >= 11 is 0. The lowest BCUT2D eigenvalue weighted by Crippen LogP contribution is -2.49. The zero-order valence-corrected chi connectivity index (χ0v) is 8.02. The number of ether oxygens (including phenoxy) is 1. The Morgan fingerprint density at radius 2 is 2.17 bits per heavy atom. The third-order valence-corrected chi connectivity index (χ3v) is 1.32. The molecule has 0 fully saturated rings.